The third-order valence-corrected chi connectivity index (χ3v) is 5.26. The van der Waals surface area contributed by atoms with Gasteiger partial charge in [-0.25, -0.2) is 0 Å². The smallest absolute Gasteiger partial charge is 0.196 e. The van der Waals surface area contributed by atoms with Crippen LogP contribution in [0.5, 0.6) is 5.75 Å². The molecule has 3 aromatic rings. The van der Waals surface area contributed by atoms with Gasteiger partial charge in [-0.05, 0) is 31.9 Å². The minimum atomic E-state index is -0.635. The van der Waals surface area contributed by atoms with E-state index in [0.717, 1.165) is 11.1 Å². The summed E-state index contributed by atoms with van der Waals surface area (Å²) >= 11 is 0. The molecular formula is C22H26ClNO3. The standard InChI is InChI=1S/C22H25NO3.ClH/c1-5-22(23,6-2)18-17(25-4)13-12-16-19(24)14(3)20(26-21(16)18)15-10-8-7-9-11-15;/h7-13H,5-6,23H2,1-4H3;1H. The van der Waals surface area contributed by atoms with E-state index in [0.29, 0.717) is 40.9 Å². The van der Waals surface area contributed by atoms with Crippen molar-refractivity contribution in [3.63, 3.8) is 0 Å². The normalized spacial score (nSPS) is 11.3. The summed E-state index contributed by atoms with van der Waals surface area (Å²) in [6, 6.07) is 13.2. The predicted molar refractivity (Wildman–Crippen MR) is 113 cm³/mol. The van der Waals surface area contributed by atoms with Crippen molar-refractivity contribution in [1.82, 2.24) is 0 Å². The molecule has 1 aromatic heterocycles. The molecule has 27 heavy (non-hydrogen) atoms. The van der Waals surface area contributed by atoms with E-state index in [2.05, 4.69) is 0 Å². The van der Waals surface area contributed by atoms with E-state index in [9.17, 15) is 4.79 Å². The van der Waals surface area contributed by atoms with Gasteiger partial charge in [0.15, 0.2) is 5.43 Å². The summed E-state index contributed by atoms with van der Waals surface area (Å²) in [4.78, 5) is 13.0. The zero-order valence-corrected chi connectivity index (χ0v) is 17.0. The summed E-state index contributed by atoms with van der Waals surface area (Å²) in [5, 5.41) is 0.537. The van der Waals surface area contributed by atoms with Crippen LogP contribution in [0.1, 0.15) is 37.8 Å². The zero-order chi connectivity index (χ0) is 18.9. The number of hydrogen-bond donors (Lipinski definition) is 1. The highest BCUT2D eigenvalue weighted by Gasteiger charge is 2.31. The molecule has 0 radical (unpaired) electrons. The first kappa shape index (κ1) is 21.0. The minimum Gasteiger partial charge on any atom is -0.496 e. The third kappa shape index (κ3) is 3.47. The summed E-state index contributed by atoms with van der Waals surface area (Å²) in [5.41, 5.74) is 8.76. The molecule has 0 aliphatic carbocycles. The highest BCUT2D eigenvalue weighted by atomic mass is 35.5. The fourth-order valence-electron chi connectivity index (χ4n) is 3.44. The first-order chi connectivity index (χ1) is 12.5. The van der Waals surface area contributed by atoms with Crippen molar-refractivity contribution in [1.29, 1.82) is 0 Å². The Bertz CT molecular complexity index is 992. The second-order valence-electron chi connectivity index (χ2n) is 6.63. The van der Waals surface area contributed by atoms with Gasteiger partial charge in [-0.1, -0.05) is 44.2 Å². The summed E-state index contributed by atoms with van der Waals surface area (Å²) < 4.78 is 11.9. The SMILES string of the molecule is CCC(N)(CC)c1c(OC)ccc2c(=O)c(C)c(-c3ccccc3)oc12.Cl. The Labute approximate surface area is 165 Å². The van der Waals surface area contributed by atoms with Crippen LogP contribution in [0.4, 0.5) is 0 Å². The van der Waals surface area contributed by atoms with Crippen molar-refractivity contribution in [2.75, 3.05) is 7.11 Å². The Balaban J connectivity index is 0.00000261. The molecule has 0 spiro atoms. The summed E-state index contributed by atoms with van der Waals surface area (Å²) in [7, 11) is 1.61. The Morgan fingerprint density at radius 1 is 1.07 bits per heavy atom. The molecule has 3 rings (SSSR count). The van der Waals surface area contributed by atoms with E-state index in [1.807, 2.05) is 50.2 Å². The van der Waals surface area contributed by atoms with Gasteiger partial charge in [-0.2, -0.15) is 0 Å². The number of ether oxygens (including phenoxy) is 1. The van der Waals surface area contributed by atoms with E-state index >= 15 is 0 Å². The molecule has 0 fully saturated rings. The second-order valence-corrected chi connectivity index (χ2v) is 6.63. The molecule has 4 nitrogen and oxygen atoms in total. The van der Waals surface area contributed by atoms with E-state index in [1.54, 1.807) is 20.1 Å². The minimum absolute atomic E-state index is 0. The molecule has 0 unspecified atom stereocenters. The van der Waals surface area contributed by atoms with Crippen molar-refractivity contribution in [2.24, 2.45) is 5.73 Å². The van der Waals surface area contributed by atoms with E-state index < -0.39 is 5.54 Å². The van der Waals surface area contributed by atoms with Gasteiger partial charge in [-0.3, -0.25) is 4.79 Å². The van der Waals surface area contributed by atoms with Gasteiger partial charge in [-0.15, -0.1) is 12.4 Å². The van der Waals surface area contributed by atoms with Crippen molar-refractivity contribution < 1.29 is 9.15 Å². The Kier molecular flexibility index (Phi) is 6.34. The first-order valence-electron chi connectivity index (χ1n) is 8.96. The Morgan fingerprint density at radius 2 is 1.70 bits per heavy atom. The molecular weight excluding hydrogens is 362 g/mol. The van der Waals surface area contributed by atoms with Crippen molar-refractivity contribution >= 4 is 23.4 Å². The average Bonchev–Trinajstić information content (AvgIpc) is 2.69. The van der Waals surface area contributed by atoms with Crippen LogP contribution in [-0.2, 0) is 5.54 Å². The van der Waals surface area contributed by atoms with E-state index in [-0.39, 0.29) is 17.8 Å². The van der Waals surface area contributed by atoms with Crippen molar-refractivity contribution in [3.05, 3.63) is 63.8 Å². The highest BCUT2D eigenvalue weighted by molar-refractivity contribution is 5.86. The molecule has 0 saturated heterocycles. The molecule has 0 aliphatic rings. The summed E-state index contributed by atoms with van der Waals surface area (Å²) in [6.45, 7) is 5.87. The van der Waals surface area contributed by atoms with Gasteiger partial charge in [0.2, 0.25) is 0 Å². The lowest BCUT2D eigenvalue weighted by atomic mass is 9.84. The largest absolute Gasteiger partial charge is 0.496 e. The maximum atomic E-state index is 13.0. The molecule has 0 bridgehead atoms. The van der Waals surface area contributed by atoms with Gasteiger partial charge in [0.1, 0.15) is 17.1 Å². The van der Waals surface area contributed by atoms with Gasteiger partial charge in [0.25, 0.3) is 0 Å². The number of methoxy groups -OCH3 is 1. The Morgan fingerprint density at radius 3 is 2.26 bits per heavy atom. The molecule has 0 atom stereocenters. The average molecular weight is 388 g/mol. The van der Waals surface area contributed by atoms with Crippen LogP contribution in [-0.4, -0.2) is 7.11 Å². The lowest BCUT2D eigenvalue weighted by molar-refractivity contribution is 0.361. The van der Waals surface area contributed by atoms with Crippen LogP contribution in [0.2, 0.25) is 0 Å². The van der Waals surface area contributed by atoms with Crippen LogP contribution >= 0.6 is 12.4 Å². The Hall–Kier alpha value is -2.30. The van der Waals surface area contributed by atoms with E-state index in [4.69, 9.17) is 14.9 Å². The monoisotopic (exact) mass is 387 g/mol. The molecule has 0 amide bonds. The van der Waals surface area contributed by atoms with Gasteiger partial charge >= 0.3 is 0 Å². The predicted octanol–water partition coefficient (Wildman–Crippen LogP) is 5.17. The maximum absolute atomic E-state index is 13.0. The fourth-order valence-corrected chi connectivity index (χ4v) is 3.44. The summed E-state index contributed by atoms with van der Waals surface area (Å²) in [6.07, 6.45) is 1.41. The number of nitrogens with two attached hydrogens (primary N) is 1. The second kappa shape index (κ2) is 8.15. The quantitative estimate of drug-likeness (QED) is 0.655. The summed E-state index contributed by atoms with van der Waals surface area (Å²) in [5.74, 6) is 1.22. The highest BCUT2D eigenvalue weighted by Crippen LogP contribution is 2.39. The van der Waals surface area contributed by atoms with Gasteiger partial charge < -0.3 is 14.9 Å². The fraction of sp³-hybridized carbons (Fsp3) is 0.318. The van der Waals surface area contributed by atoms with Crippen LogP contribution in [0.3, 0.4) is 0 Å². The lowest BCUT2D eigenvalue weighted by Gasteiger charge is -2.29. The number of rotatable bonds is 5. The van der Waals surface area contributed by atoms with Crippen LogP contribution < -0.4 is 15.9 Å². The lowest BCUT2D eigenvalue weighted by Crippen LogP contribution is -2.36. The number of benzene rings is 2. The topological polar surface area (TPSA) is 65.5 Å². The van der Waals surface area contributed by atoms with E-state index in [1.165, 1.54) is 0 Å². The van der Waals surface area contributed by atoms with Crippen molar-refractivity contribution in [2.45, 2.75) is 39.2 Å². The number of fused-ring (bicyclic) bond motifs is 1. The zero-order valence-electron chi connectivity index (χ0n) is 16.2. The maximum Gasteiger partial charge on any atom is 0.196 e. The number of hydrogen-bond acceptors (Lipinski definition) is 4. The molecule has 2 N–H and O–H groups in total. The molecule has 1 heterocycles. The van der Waals surface area contributed by atoms with Gasteiger partial charge in [0, 0.05) is 16.7 Å². The first-order valence-corrected chi connectivity index (χ1v) is 8.96. The van der Waals surface area contributed by atoms with Crippen molar-refractivity contribution in [3.8, 4) is 17.1 Å². The molecule has 144 valence electrons. The molecule has 0 aliphatic heterocycles. The molecule has 0 saturated carbocycles. The van der Waals surface area contributed by atoms with Gasteiger partial charge in [0.05, 0.1) is 18.1 Å². The number of halogens is 1. The molecule has 2 aromatic carbocycles. The molecule has 5 heteroatoms. The van der Waals surface area contributed by atoms with Crippen LogP contribution in [0.25, 0.3) is 22.3 Å². The van der Waals surface area contributed by atoms with Crippen LogP contribution in [0.15, 0.2) is 51.7 Å². The van der Waals surface area contributed by atoms with Crippen LogP contribution in [0, 0.1) is 6.92 Å². The third-order valence-electron chi connectivity index (χ3n) is 5.26.